The summed E-state index contributed by atoms with van der Waals surface area (Å²) in [6, 6.07) is 19.9. The molecule has 3 heteroatoms. The van der Waals surface area contributed by atoms with Gasteiger partial charge in [-0.05, 0) is 40.5 Å². The predicted molar refractivity (Wildman–Crippen MR) is 92.1 cm³/mol. The van der Waals surface area contributed by atoms with Crippen molar-refractivity contribution in [2.24, 2.45) is 0 Å². The van der Waals surface area contributed by atoms with E-state index in [0.717, 1.165) is 28.3 Å². The van der Waals surface area contributed by atoms with E-state index in [0.29, 0.717) is 0 Å². The molecule has 124 valence electrons. The predicted octanol–water partition coefficient (Wildman–Crippen LogP) is 6.57. The fourth-order valence-electron chi connectivity index (χ4n) is 3.13. The van der Waals surface area contributed by atoms with Gasteiger partial charge in [0.1, 0.15) is 0 Å². The molecule has 0 nitrogen and oxygen atoms in total. The third kappa shape index (κ3) is 2.91. The van der Waals surface area contributed by atoms with Gasteiger partial charge in [0.25, 0.3) is 0 Å². The van der Waals surface area contributed by atoms with E-state index in [1.54, 1.807) is 12.1 Å². The molecule has 0 amide bonds. The van der Waals surface area contributed by atoms with E-state index in [9.17, 15) is 13.2 Å². The van der Waals surface area contributed by atoms with Crippen LogP contribution in [0.15, 0.2) is 66.7 Å². The zero-order valence-electron chi connectivity index (χ0n) is 13.7. The fourth-order valence-corrected chi connectivity index (χ4v) is 3.13. The molecular formula is C21H19F3. The first-order valence-corrected chi connectivity index (χ1v) is 8.01. The lowest BCUT2D eigenvalue weighted by Crippen LogP contribution is -2.22. The Balaban J connectivity index is 2.06. The van der Waals surface area contributed by atoms with Crippen LogP contribution in [0.2, 0.25) is 0 Å². The van der Waals surface area contributed by atoms with E-state index in [2.05, 4.69) is 44.2 Å². The molecule has 0 N–H and O–H groups in total. The topological polar surface area (TPSA) is 0 Å². The van der Waals surface area contributed by atoms with Crippen LogP contribution in [0.25, 0.3) is 10.8 Å². The van der Waals surface area contributed by atoms with Gasteiger partial charge in [0.05, 0.1) is 5.56 Å². The Labute approximate surface area is 139 Å². The summed E-state index contributed by atoms with van der Waals surface area (Å²) in [4.78, 5) is 0. The van der Waals surface area contributed by atoms with Crippen molar-refractivity contribution >= 4 is 10.8 Å². The summed E-state index contributed by atoms with van der Waals surface area (Å²) < 4.78 is 38.4. The lowest BCUT2D eigenvalue weighted by Gasteiger charge is -2.30. The van der Waals surface area contributed by atoms with Crippen molar-refractivity contribution in [3.63, 3.8) is 0 Å². The van der Waals surface area contributed by atoms with Crippen LogP contribution in [0.3, 0.4) is 0 Å². The molecule has 0 aromatic heterocycles. The molecule has 0 spiro atoms. The highest BCUT2D eigenvalue weighted by Crippen LogP contribution is 2.38. The Bertz CT molecular complexity index is 847. The van der Waals surface area contributed by atoms with Crippen LogP contribution >= 0.6 is 0 Å². The van der Waals surface area contributed by atoms with Gasteiger partial charge in [-0.3, -0.25) is 0 Å². The Kier molecular flexibility index (Phi) is 4.12. The number of halogens is 3. The molecule has 1 atom stereocenters. The SMILES string of the molecule is CC[C@](C)(c1ccc(C(F)(F)F)cc1)c1ccc2ccccc2c1. The zero-order chi connectivity index (χ0) is 17.4. The third-order valence-electron chi connectivity index (χ3n) is 4.94. The average molecular weight is 328 g/mol. The lowest BCUT2D eigenvalue weighted by atomic mass is 9.73. The molecule has 3 aromatic carbocycles. The molecule has 0 aliphatic carbocycles. The highest BCUT2D eigenvalue weighted by Gasteiger charge is 2.32. The van der Waals surface area contributed by atoms with Gasteiger partial charge in [0, 0.05) is 5.41 Å². The Morgan fingerprint density at radius 3 is 1.83 bits per heavy atom. The average Bonchev–Trinajstić information content (AvgIpc) is 2.60. The second kappa shape index (κ2) is 5.97. The first kappa shape index (κ1) is 16.6. The van der Waals surface area contributed by atoms with E-state index in [1.165, 1.54) is 12.1 Å². The molecule has 3 rings (SSSR count). The van der Waals surface area contributed by atoms with E-state index < -0.39 is 11.7 Å². The van der Waals surface area contributed by atoms with Crippen LogP contribution in [0, 0.1) is 0 Å². The molecule has 0 saturated carbocycles. The molecule has 0 radical (unpaired) electrons. The van der Waals surface area contributed by atoms with Crippen LogP contribution < -0.4 is 0 Å². The van der Waals surface area contributed by atoms with E-state index >= 15 is 0 Å². The van der Waals surface area contributed by atoms with Crippen molar-refractivity contribution in [2.45, 2.75) is 31.9 Å². The van der Waals surface area contributed by atoms with Gasteiger partial charge in [-0.15, -0.1) is 0 Å². The van der Waals surface area contributed by atoms with Gasteiger partial charge in [0.2, 0.25) is 0 Å². The van der Waals surface area contributed by atoms with Crippen LogP contribution in [0.4, 0.5) is 13.2 Å². The van der Waals surface area contributed by atoms with Gasteiger partial charge in [-0.1, -0.05) is 68.4 Å². The first-order valence-electron chi connectivity index (χ1n) is 8.01. The monoisotopic (exact) mass is 328 g/mol. The maximum absolute atomic E-state index is 12.8. The molecule has 0 unspecified atom stereocenters. The molecule has 0 aliphatic rings. The first-order chi connectivity index (χ1) is 11.3. The molecule has 24 heavy (non-hydrogen) atoms. The number of fused-ring (bicyclic) bond motifs is 1. The lowest BCUT2D eigenvalue weighted by molar-refractivity contribution is -0.137. The molecular weight excluding hydrogens is 309 g/mol. The van der Waals surface area contributed by atoms with Crippen molar-refractivity contribution in [2.75, 3.05) is 0 Å². The summed E-state index contributed by atoms with van der Waals surface area (Å²) in [5.41, 5.74) is 1.08. The van der Waals surface area contributed by atoms with E-state index in [1.807, 2.05) is 12.1 Å². The van der Waals surface area contributed by atoms with Crippen LogP contribution in [-0.2, 0) is 11.6 Å². The molecule has 0 fully saturated rings. The standard InChI is InChI=1S/C21H19F3/c1-3-20(2,17-10-12-18(13-11-17)21(22,23)24)19-9-8-15-6-4-5-7-16(15)14-19/h4-14H,3H2,1-2H3/t20-/m1/s1. The summed E-state index contributed by atoms with van der Waals surface area (Å²) in [5.74, 6) is 0. The summed E-state index contributed by atoms with van der Waals surface area (Å²) in [6.45, 7) is 4.15. The zero-order valence-corrected chi connectivity index (χ0v) is 13.7. The second-order valence-corrected chi connectivity index (χ2v) is 6.32. The molecule has 0 saturated heterocycles. The number of rotatable bonds is 3. The van der Waals surface area contributed by atoms with Gasteiger partial charge in [-0.2, -0.15) is 13.2 Å². The van der Waals surface area contributed by atoms with Gasteiger partial charge in [0.15, 0.2) is 0 Å². The fraction of sp³-hybridized carbons (Fsp3) is 0.238. The highest BCUT2D eigenvalue weighted by molar-refractivity contribution is 5.83. The van der Waals surface area contributed by atoms with Gasteiger partial charge >= 0.3 is 6.18 Å². The van der Waals surface area contributed by atoms with Crippen LogP contribution in [-0.4, -0.2) is 0 Å². The number of benzene rings is 3. The Morgan fingerprint density at radius 1 is 0.708 bits per heavy atom. The largest absolute Gasteiger partial charge is 0.416 e. The maximum atomic E-state index is 12.8. The minimum atomic E-state index is -4.30. The summed E-state index contributed by atoms with van der Waals surface area (Å²) in [6.07, 6.45) is -3.50. The number of hydrogen-bond donors (Lipinski definition) is 0. The van der Waals surface area contributed by atoms with Crippen molar-refractivity contribution in [3.05, 3.63) is 83.4 Å². The molecule has 0 bridgehead atoms. The minimum absolute atomic E-state index is 0.325. The molecule has 3 aromatic rings. The third-order valence-corrected chi connectivity index (χ3v) is 4.94. The maximum Gasteiger partial charge on any atom is 0.416 e. The van der Waals surface area contributed by atoms with E-state index in [-0.39, 0.29) is 5.41 Å². The number of hydrogen-bond acceptors (Lipinski definition) is 0. The smallest absolute Gasteiger partial charge is 0.166 e. The minimum Gasteiger partial charge on any atom is -0.166 e. The Morgan fingerprint density at radius 2 is 1.25 bits per heavy atom. The summed E-state index contributed by atoms with van der Waals surface area (Å²) in [5, 5.41) is 2.30. The second-order valence-electron chi connectivity index (χ2n) is 6.32. The summed E-state index contributed by atoms with van der Waals surface area (Å²) in [7, 11) is 0. The highest BCUT2D eigenvalue weighted by atomic mass is 19.4. The molecule has 0 aliphatic heterocycles. The summed E-state index contributed by atoms with van der Waals surface area (Å²) >= 11 is 0. The normalized spacial score (nSPS) is 14.5. The van der Waals surface area contributed by atoms with Crippen LogP contribution in [0.1, 0.15) is 37.0 Å². The van der Waals surface area contributed by atoms with Crippen molar-refractivity contribution in [1.82, 2.24) is 0 Å². The van der Waals surface area contributed by atoms with Crippen molar-refractivity contribution < 1.29 is 13.2 Å². The van der Waals surface area contributed by atoms with E-state index in [4.69, 9.17) is 0 Å². The molecule has 0 heterocycles. The van der Waals surface area contributed by atoms with Gasteiger partial charge < -0.3 is 0 Å². The quantitative estimate of drug-likeness (QED) is 0.510. The van der Waals surface area contributed by atoms with Crippen molar-refractivity contribution in [1.29, 1.82) is 0 Å². The van der Waals surface area contributed by atoms with Crippen molar-refractivity contribution in [3.8, 4) is 0 Å². The van der Waals surface area contributed by atoms with Gasteiger partial charge in [-0.25, -0.2) is 0 Å². The Hall–Kier alpha value is -2.29. The van der Waals surface area contributed by atoms with Crippen LogP contribution in [0.5, 0.6) is 0 Å². The number of alkyl halides is 3.